The van der Waals surface area contributed by atoms with Crippen LogP contribution in [0.3, 0.4) is 0 Å². The fourth-order valence-corrected chi connectivity index (χ4v) is 9.61. The first-order chi connectivity index (χ1) is 36.0. The van der Waals surface area contributed by atoms with Gasteiger partial charge in [-0.25, -0.2) is 0 Å². The number of rotatable bonds is 22. The Balaban J connectivity index is 1.06. The maximum atomic E-state index is 13.1. The lowest BCUT2D eigenvalue weighted by atomic mass is 9.85. The highest BCUT2D eigenvalue weighted by atomic mass is 16.8. The minimum atomic E-state index is -1.97. The molecule has 5 aliphatic rings. The van der Waals surface area contributed by atoms with Crippen LogP contribution in [0.25, 0.3) is 0 Å². The number of nitrogens with one attached hydrogen (secondary N) is 3. The molecule has 5 heterocycles. The second-order valence-electron chi connectivity index (χ2n) is 19.5. The molecule has 4 fully saturated rings. The number of aliphatic hydroxyl groups is 10. The summed E-state index contributed by atoms with van der Waals surface area (Å²) >= 11 is 0. The Bertz CT molecular complexity index is 2130. The fourth-order valence-electron chi connectivity index (χ4n) is 9.61. The van der Waals surface area contributed by atoms with Gasteiger partial charge in [-0.15, -0.1) is 0 Å². The van der Waals surface area contributed by atoms with Crippen molar-refractivity contribution in [1.82, 2.24) is 15.3 Å². The molecule has 22 atom stereocenters. The van der Waals surface area contributed by atoms with Gasteiger partial charge in [-0.3, -0.25) is 24.6 Å². The second-order valence-corrected chi connectivity index (χ2v) is 19.5. The lowest BCUT2D eigenvalue weighted by molar-refractivity contribution is -0.386. The molecule has 1 aromatic rings. The third-order valence-electron chi connectivity index (χ3n) is 14.0. The zero-order chi connectivity index (χ0) is 55.9. The molecule has 4 saturated heterocycles. The van der Waals surface area contributed by atoms with E-state index < -0.39 is 171 Å². The molecule has 0 radical (unpaired) electrons. The van der Waals surface area contributed by atoms with Crippen molar-refractivity contribution in [3.63, 3.8) is 0 Å². The van der Waals surface area contributed by atoms with Crippen LogP contribution in [0.5, 0.6) is 11.8 Å². The summed E-state index contributed by atoms with van der Waals surface area (Å²) in [7, 11) is 1.44. The number of unbranched alkanes of at least 4 members (excludes halogenated alkanes) is 2. The van der Waals surface area contributed by atoms with Crippen molar-refractivity contribution in [2.75, 3.05) is 38.9 Å². The van der Waals surface area contributed by atoms with Gasteiger partial charge in [0.15, 0.2) is 25.2 Å². The third kappa shape index (κ3) is 14.0. The Morgan fingerprint density at radius 2 is 1.22 bits per heavy atom. The monoisotopic (exact) mass is 1090 g/mol. The molecule has 22 unspecified atom stereocenters. The molecule has 0 aromatic carbocycles. The van der Waals surface area contributed by atoms with Crippen LogP contribution < -0.4 is 16.1 Å². The van der Waals surface area contributed by atoms with Gasteiger partial charge in [0.1, 0.15) is 92.0 Å². The number of aromatic nitrogens is 1. The van der Waals surface area contributed by atoms with E-state index in [-0.39, 0.29) is 49.9 Å². The number of allylic oxidation sites excluding steroid dienone is 1. The number of carbonyl (C=O) groups is 4. The van der Waals surface area contributed by atoms with Crippen LogP contribution in [0.15, 0.2) is 12.2 Å². The molecular weight excluding hydrogens is 1020 g/mol. The molecule has 29 heteroatoms. The van der Waals surface area contributed by atoms with E-state index in [0.717, 1.165) is 11.6 Å². The number of hydrogen-bond acceptors (Lipinski definition) is 25. The Kier molecular flexibility index (Phi) is 21.7. The Hall–Kier alpha value is -4.22. The lowest BCUT2D eigenvalue weighted by Crippen LogP contribution is -2.70. The average molecular weight is 1100 g/mol. The van der Waals surface area contributed by atoms with Crippen LogP contribution in [0, 0.1) is 0 Å². The number of aliphatic hydroxyl groups excluding tert-OH is 10. The normalized spacial score (nSPS) is 38.5. The summed E-state index contributed by atoms with van der Waals surface area (Å²) in [6.45, 7) is 3.65. The van der Waals surface area contributed by atoms with Gasteiger partial charge in [0.2, 0.25) is 29.5 Å². The highest BCUT2D eigenvalue weighted by Gasteiger charge is 2.56. The van der Waals surface area contributed by atoms with Crippen molar-refractivity contribution < 1.29 is 123 Å². The smallest absolute Gasteiger partial charge is 0.306 e. The first-order valence-electron chi connectivity index (χ1n) is 25.2. The maximum Gasteiger partial charge on any atom is 0.306 e. The van der Waals surface area contributed by atoms with E-state index in [1.165, 1.54) is 20.9 Å². The standard InChI is InChI=1S/C47H74N4O25/c1-18-10-11-22(17-69-27(57)13-12-25(55)48-5)29-28(18)42(66)51(43(29)67)50-26(56)9-7-6-8-14-68-45-38(65)40(32(59)20(3)70-45)75-44-30(49-21(4)54)39(34(61)24(16-53)72-44)74-47-41(36(63)33(60)23(15-52)73-47)76-46-37(64)35(62)31(58)19(2)71-46/h10-11,18-20,22-24,30-41,44-47,52-53,58-67H,6-9,12-17H2,1-5H3,(H,48,55)(H,49,54)(H,50,56). The van der Waals surface area contributed by atoms with E-state index in [1.54, 1.807) is 19.1 Å². The van der Waals surface area contributed by atoms with E-state index in [9.17, 15) is 80.5 Å². The van der Waals surface area contributed by atoms with Gasteiger partial charge in [-0.2, -0.15) is 4.68 Å². The predicted octanol–water partition coefficient (Wildman–Crippen LogP) is -5.16. The van der Waals surface area contributed by atoms with Crippen LogP contribution in [0.1, 0.15) is 89.2 Å². The summed E-state index contributed by atoms with van der Waals surface area (Å²) in [6.07, 6.45) is -27.5. The summed E-state index contributed by atoms with van der Waals surface area (Å²) in [5.74, 6) is -4.16. The highest BCUT2D eigenvalue weighted by Crippen LogP contribution is 2.46. The Morgan fingerprint density at radius 1 is 0.605 bits per heavy atom. The van der Waals surface area contributed by atoms with Crippen LogP contribution in [-0.2, 0) is 61.8 Å². The van der Waals surface area contributed by atoms with Crippen molar-refractivity contribution in [2.24, 2.45) is 0 Å². The van der Waals surface area contributed by atoms with E-state index in [0.29, 0.717) is 24.8 Å². The minimum Gasteiger partial charge on any atom is -0.493 e. The third-order valence-corrected chi connectivity index (χ3v) is 14.0. The summed E-state index contributed by atoms with van der Waals surface area (Å²) < 4.78 is 53.0. The molecule has 0 saturated carbocycles. The Labute approximate surface area is 436 Å². The lowest BCUT2D eigenvalue weighted by Gasteiger charge is -2.50. The molecule has 1 aliphatic carbocycles. The second kappa shape index (κ2) is 27.1. The van der Waals surface area contributed by atoms with Crippen LogP contribution in [0.4, 0.5) is 0 Å². The molecule has 0 bridgehead atoms. The predicted molar refractivity (Wildman–Crippen MR) is 252 cm³/mol. The van der Waals surface area contributed by atoms with Crippen molar-refractivity contribution in [3.8, 4) is 11.8 Å². The fraction of sp³-hybridized carbons (Fsp3) is 0.787. The van der Waals surface area contributed by atoms with Crippen molar-refractivity contribution in [2.45, 2.75) is 201 Å². The van der Waals surface area contributed by atoms with Crippen molar-refractivity contribution in [1.29, 1.82) is 0 Å². The topological polar surface area (TPSA) is 435 Å². The number of esters is 1. The van der Waals surface area contributed by atoms with Gasteiger partial charge in [0, 0.05) is 56.4 Å². The number of nitrogens with zero attached hydrogens (tertiary/aromatic N) is 1. The number of amides is 3. The molecule has 432 valence electrons. The highest BCUT2D eigenvalue weighted by molar-refractivity contribution is 5.84. The first kappa shape index (κ1) is 61.0. The first-order valence-corrected chi connectivity index (χ1v) is 25.2. The molecule has 3 amide bonds. The average Bonchev–Trinajstić information content (AvgIpc) is 3.64. The van der Waals surface area contributed by atoms with Crippen LogP contribution in [-0.4, -0.2) is 246 Å². The zero-order valence-corrected chi connectivity index (χ0v) is 42.5. The summed E-state index contributed by atoms with van der Waals surface area (Å²) in [4.78, 5) is 49.6. The van der Waals surface area contributed by atoms with E-state index in [1.807, 2.05) is 0 Å². The van der Waals surface area contributed by atoms with Gasteiger partial charge in [0.25, 0.3) is 0 Å². The SMILES string of the molecule is CNC(=O)CCC(=O)OCC1C=CC(C)c2c1c(O)n(NC(=O)CCCCCOC1OC(C)C(O)C(OC3OC(CO)C(O)C(OC4OC(CO)C(O)C(O)C4OC4OC(C)C(O)C(O)C4O)C3NC(C)=O)C1O)c2O. The number of ether oxygens (including phenoxy) is 9. The largest absolute Gasteiger partial charge is 0.493 e. The van der Waals surface area contributed by atoms with Gasteiger partial charge in [0.05, 0.1) is 31.8 Å². The number of hydrogen-bond donors (Lipinski definition) is 15. The molecular formula is C47H74N4O25. The molecule has 1 aromatic heterocycles. The van der Waals surface area contributed by atoms with Crippen molar-refractivity contribution in [3.05, 3.63) is 23.3 Å². The summed E-state index contributed by atoms with van der Waals surface area (Å²) in [6, 6.07) is -1.60. The van der Waals surface area contributed by atoms with Crippen molar-refractivity contribution >= 4 is 23.7 Å². The van der Waals surface area contributed by atoms with Gasteiger partial charge in [-0.05, 0) is 26.7 Å². The van der Waals surface area contributed by atoms with E-state index >= 15 is 0 Å². The molecule has 76 heavy (non-hydrogen) atoms. The van der Waals surface area contributed by atoms with Crippen LogP contribution >= 0.6 is 0 Å². The van der Waals surface area contributed by atoms with Gasteiger partial charge < -0.3 is 115 Å². The minimum absolute atomic E-state index is 0.0437. The number of fused-ring (bicyclic) bond motifs is 1. The molecule has 6 rings (SSSR count). The summed E-state index contributed by atoms with van der Waals surface area (Å²) in [5, 5.41) is 135. The van der Waals surface area contributed by atoms with E-state index in [4.69, 9.17) is 42.6 Å². The van der Waals surface area contributed by atoms with Gasteiger partial charge in [-0.1, -0.05) is 25.5 Å². The molecule has 0 spiro atoms. The Morgan fingerprint density at radius 3 is 1.89 bits per heavy atom. The molecule has 29 nitrogen and oxygen atoms in total. The molecule has 15 N–H and O–H groups in total. The number of carbonyl (C=O) groups excluding carboxylic acids is 4. The van der Waals surface area contributed by atoms with Crippen LogP contribution in [0.2, 0.25) is 0 Å². The quantitative estimate of drug-likeness (QED) is 0.0293. The number of aromatic hydroxyl groups is 2. The van der Waals surface area contributed by atoms with E-state index in [2.05, 4.69) is 16.1 Å². The summed E-state index contributed by atoms with van der Waals surface area (Å²) in [5.41, 5.74) is 3.08. The van der Waals surface area contributed by atoms with Gasteiger partial charge >= 0.3 is 5.97 Å². The zero-order valence-electron chi connectivity index (χ0n) is 42.5. The molecule has 4 aliphatic heterocycles. The maximum absolute atomic E-state index is 13.1.